The highest BCUT2D eigenvalue weighted by Crippen LogP contribution is 2.45. The number of rotatable bonds is 5. The minimum absolute atomic E-state index is 0.0355. The summed E-state index contributed by atoms with van der Waals surface area (Å²) >= 11 is 0. The van der Waals surface area contributed by atoms with Crippen LogP contribution in [0.1, 0.15) is 36.2 Å². The van der Waals surface area contributed by atoms with Crippen molar-refractivity contribution >= 4 is 22.6 Å². The van der Waals surface area contributed by atoms with Crippen molar-refractivity contribution in [2.75, 3.05) is 19.5 Å². The van der Waals surface area contributed by atoms with Crippen LogP contribution < -0.4 is 15.9 Å². The summed E-state index contributed by atoms with van der Waals surface area (Å²) in [6.07, 6.45) is 1.48. The van der Waals surface area contributed by atoms with E-state index in [0.717, 1.165) is 12.8 Å². The summed E-state index contributed by atoms with van der Waals surface area (Å²) in [7, 11) is 1.19. The van der Waals surface area contributed by atoms with Crippen molar-refractivity contribution in [1.82, 2.24) is 4.57 Å². The van der Waals surface area contributed by atoms with Crippen molar-refractivity contribution in [1.29, 1.82) is 0 Å². The van der Waals surface area contributed by atoms with Crippen LogP contribution in [0.25, 0.3) is 22.2 Å². The van der Waals surface area contributed by atoms with Gasteiger partial charge in [0, 0.05) is 6.04 Å². The first kappa shape index (κ1) is 19.9. The Morgan fingerprint density at radius 3 is 2.43 bits per heavy atom. The van der Waals surface area contributed by atoms with Crippen LogP contribution in [0.2, 0.25) is 0 Å². The third-order valence-corrected chi connectivity index (χ3v) is 5.17. The zero-order chi connectivity index (χ0) is 21.6. The zero-order valence-electron chi connectivity index (χ0n) is 16.5. The van der Waals surface area contributed by atoms with Crippen molar-refractivity contribution in [3.8, 4) is 17.0 Å². The Hall–Kier alpha value is -3.42. The van der Waals surface area contributed by atoms with Gasteiger partial charge in [0.25, 0.3) is 0 Å². The van der Waals surface area contributed by atoms with Crippen molar-refractivity contribution in [3.63, 3.8) is 0 Å². The van der Waals surface area contributed by atoms with Crippen molar-refractivity contribution in [2.24, 2.45) is 0 Å². The molecule has 0 aliphatic heterocycles. The van der Waals surface area contributed by atoms with Gasteiger partial charge in [0.05, 0.1) is 30.5 Å². The third kappa shape index (κ3) is 2.91. The van der Waals surface area contributed by atoms with Gasteiger partial charge in [-0.2, -0.15) is 4.39 Å². The lowest BCUT2D eigenvalue weighted by molar-refractivity contribution is 0.0525. The topological polar surface area (TPSA) is 83.6 Å². The summed E-state index contributed by atoms with van der Waals surface area (Å²) in [6.45, 7) is 1.66. The van der Waals surface area contributed by atoms with Gasteiger partial charge < -0.3 is 19.8 Å². The average Bonchev–Trinajstić information content (AvgIpc) is 3.57. The molecule has 1 heterocycles. The monoisotopic (exact) mass is 414 g/mol. The second kappa shape index (κ2) is 7.44. The highest BCUT2D eigenvalue weighted by molar-refractivity contribution is 6.05. The maximum absolute atomic E-state index is 14.7. The van der Waals surface area contributed by atoms with Gasteiger partial charge in [-0.05, 0) is 25.3 Å². The number of hydrogen-bond acceptors (Lipinski definition) is 5. The Kier molecular flexibility index (Phi) is 4.93. The van der Waals surface area contributed by atoms with Gasteiger partial charge in [0.15, 0.2) is 11.6 Å². The average molecular weight is 414 g/mol. The number of aromatic nitrogens is 1. The van der Waals surface area contributed by atoms with Crippen molar-refractivity contribution in [3.05, 3.63) is 57.8 Å². The molecule has 30 heavy (non-hydrogen) atoms. The fraction of sp³-hybridized carbons (Fsp3) is 0.273. The first-order valence-corrected chi connectivity index (χ1v) is 9.57. The lowest BCUT2D eigenvalue weighted by Gasteiger charge is -2.22. The van der Waals surface area contributed by atoms with Gasteiger partial charge in [-0.15, -0.1) is 0 Å². The third-order valence-electron chi connectivity index (χ3n) is 5.17. The maximum atomic E-state index is 14.7. The van der Waals surface area contributed by atoms with Crippen LogP contribution in [-0.4, -0.2) is 24.3 Å². The Bertz CT molecular complexity index is 1220. The molecule has 0 amide bonds. The molecule has 4 rings (SSSR count). The molecule has 1 saturated carbocycles. The van der Waals surface area contributed by atoms with E-state index in [1.54, 1.807) is 41.8 Å². The number of methoxy groups -OCH3 is 1. The molecule has 1 fully saturated rings. The molecule has 8 heteroatoms. The Morgan fingerprint density at radius 1 is 1.20 bits per heavy atom. The van der Waals surface area contributed by atoms with Gasteiger partial charge in [-0.25, -0.2) is 9.18 Å². The summed E-state index contributed by atoms with van der Waals surface area (Å²) in [4.78, 5) is 26.3. The number of carbonyl (C=O) groups is 1. The van der Waals surface area contributed by atoms with Gasteiger partial charge >= 0.3 is 5.97 Å². The van der Waals surface area contributed by atoms with E-state index in [2.05, 4.69) is 0 Å². The number of nitrogen functional groups attached to an aromatic ring is 1. The molecule has 0 bridgehead atoms. The molecule has 0 unspecified atom stereocenters. The minimum atomic E-state index is -1.39. The summed E-state index contributed by atoms with van der Waals surface area (Å²) in [6, 6.07) is 8.65. The summed E-state index contributed by atoms with van der Waals surface area (Å²) < 4.78 is 41.2. The SMILES string of the molecule is CCOC(=O)c1c(-c2ccccc2)n(C2CC2)c2c(OC)c(F)c(F)c(N)c2c1=O. The number of ether oxygens (including phenoxy) is 2. The van der Waals surface area contributed by atoms with E-state index in [1.807, 2.05) is 0 Å². The van der Waals surface area contributed by atoms with Crippen LogP contribution in [0.5, 0.6) is 5.75 Å². The Balaban J connectivity index is 2.30. The number of anilines is 1. The maximum Gasteiger partial charge on any atom is 0.344 e. The number of carbonyl (C=O) groups excluding carboxylic acids is 1. The van der Waals surface area contributed by atoms with Crippen LogP contribution in [-0.2, 0) is 4.74 Å². The fourth-order valence-electron chi connectivity index (χ4n) is 3.75. The van der Waals surface area contributed by atoms with E-state index < -0.39 is 34.5 Å². The molecule has 1 aromatic heterocycles. The number of fused-ring (bicyclic) bond motifs is 1. The van der Waals surface area contributed by atoms with E-state index in [9.17, 15) is 18.4 Å². The minimum Gasteiger partial charge on any atom is -0.491 e. The second-order valence-electron chi connectivity index (χ2n) is 7.04. The smallest absolute Gasteiger partial charge is 0.344 e. The molecule has 156 valence electrons. The van der Waals surface area contributed by atoms with Crippen molar-refractivity contribution in [2.45, 2.75) is 25.8 Å². The molecule has 3 aromatic rings. The molecule has 0 atom stereocenters. The molecule has 1 aliphatic rings. The van der Waals surface area contributed by atoms with Crippen LogP contribution >= 0.6 is 0 Å². The molecule has 0 spiro atoms. The first-order valence-electron chi connectivity index (χ1n) is 9.57. The summed E-state index contributed by atoms with van der Waals surface area (Å²) in [5.74, 6) is -3.94. The molecular weight excluding hydrogens is 394 g/mol. The molecule has 2 N–H and O–H groups in total. The predicted octanol–water partition coefficient (Wildman–Crippen LogP) is 4.05. The number of hydrogen-bond donors (Lipinski definition) is 1. The van der Waals surface area contributed by atoms with E-state index in [-0.39, 0.29) is 34.8 Å². The van der Waals surface area contributed by atoms with E-state index in [4.69, 9.17) is 15.2 Å². The second-order valence-corrected chi connectivity index (χ2v) is 7.04. The number of nitrogens with two attached hydrogens (primary N) is 1. The van der Waals surface area contributed by atoms with Gasteiger partial charge in [-0.1, -0.05) is 30.3 Å². The zero-order valence-corrected chi connectivity index (χ0v) is 16.5. The van der Waals surface area contributed by atoms with Gasteiger partial charge in [0.2, 0.25) is 11.2 Å². The lowest BCUT2D eigenvalue weighted by atomic mass is 9.99. The largest absolute Gasteiger partial charge is 0.491 e. The fourth-order valence-corrected chi connectivity index (χ4v) is 3.75. The van der Waals surface area contributed by atoms with Gasteiger partial charge in [0.1, 0.15) is 11.1 Å². The van der Waals surface area contributed by atoms with Crippen LogP contribution in [0.3, 0.4) is 0 Å². The number of nitrogens with zero attached hydrogens (tertiary/aromatic N) is 1. The number of pyridine rings is 1. The molecule has 2 aromatic carbocycles. The molecule has 0 saturated heterocycles. The highest BCUT2D eigenvalue weighted by Gasteiger charge is 2.36. The Morgan fingerprint density at radius 2 is 1.87 bits per heavy atom. The predicted molar refractivity (Wildman–Crippen MR) is 109 cm³/mol. The first-order chi connectivity index (χ1) is 14.4. The van der Waals surface area contributed by atoms with Crippen molar-refractivity contribution < 1.29 is 23.0 Å². The van der Waals surface area contributed by atoms with Crippen LogP contribution in [0, 0.1) is 11.6 Å². The highest BCUT2D eigenvalue weighted by atomic mass is 19.2. The standard InChI is InChI=1S/C22H20F2N2O4/c1-3-30-22(28)14-18(11-7-5-4-6-8-11)26(12-9-10-12)19-13(20(14)27)17(25)15(23)16(24)21(19)29-2/h4-8,12H,3,9-10,25H2,1-2H3. The quantitative estimate of drug-likeness (QED) is 0.503. The van der Waals surface area contributed by atoms with E-state index in [0.29, 0.717) is 5.56 Å². The molecule has 0 radical (unpaired) electrons. The van der Waals surface area contributed by atoms with Crippen LogP contribution in [0.4, 0.5) is 14.5 Å². The molecular formula is C22H20F2N2O4. The Labute approximate surface area is 170 Å². The molecule has 1 aliphatic carbocycles. The van der Waals surface area contributed by atoms with Crippen LogP contribution in [0.15, 0.2) is 35.1 Å². The number of halogens is 2. The summed E-state index contributed by atoms with van der Waals surface area (Å²) in [5, 5.41) is -0.291. The normalized spacial score (nSPS) is 13.5. The molecule has 6 nitrogen and oxygen atoms in total. The van der Waals surface area contributed by atoms with Gasteiger partial charge in [-0.3, -0.25) is 4.79 Å². The van der Waals surface area contributed by atoms with E-state index in [1.165, 1.54) is 7.11 Å². The number of benzene rings is 2. The lowest BCUT2D eigenvalue weighted by Crippen LogP contribution is -2.25. The summed E-state index contributed by atoms with van der Waals surface area (Å²) in [5.41, 5.74) is 4.96. The van der Waals surface area contributed by atoms with E-state index >= 15 is 0 Å². The number of esters is 1.